The van der Waals surface area contributed by atoms with E-state index in [9.17, 15) is 0 Å². The van der Waals surface area contributed by atoms with Crippen molar-refractivity contribution < 1.29 is 0 Å². The Kier molecular flexibility index (Phi) is 6.65. The largest absolute Gasteiger partial charge is 0.309 e. The van der Waals surface area contributed by atoms with Crippen molar-refractivity contribution in [2.24, 2.45) is 0 Å². The van der Waals surface area contributed by atoms with Crippen molar-refractivity contribution in [2.75, 3.05) is 0 Å². The molecule has 8 aromatic carbocycles. The number of para-hydroxylation sites is 3. The van der Waals surface area contributed by atoms with Crippen molar-refractivity contribution >= 4 is 54.4 Å². The maximum atomic E-state index is 5.87. The van der Waals surface area contributed by atoms with Crippen LogP contribution in [0, 0.1) is 0 Å². The van der Waals surface area contributed by atoms with Gasteiger partial charge in [-0.05, 0) is 76.0 Å². The van der Waals surface area contributed by atoms with Crippen molar-refractivity contribution in [2.45, 2.75) is 19.3 Å². The minimum Gasteiger partial charge on any atom is -0.309 e. The molecule has 3 aromatic heterocycles. The Morgan fingerprint density at radius 2 is 1.07 bits per heavy atom. The average molecular weight is 729 g/mol. The first-order valence-corrected chi connectivity index (χ1v) is 19.7. The quantitative estimate of drug-likeness (QED) is 0.181. The molecule has 0 fully saturated rings. The third-order valence-corrected chi connectivity index (χ3v) is 12.2. The van der Waals surface area contributed by atoms with E-state index in [1.165, 1.54) is 43.6 Å². The second kappa shape index (κ2) is 11.8. The highest BCUT2D eigenvalue weighted by Crippen LogP contribution is 2.51. The molecule has 3 heterocycles. The summed E-state index contributed by atoms with van der Waals surface area (Å²) in [5.41, 5.74) is 13.9. The van der Waals surface area contributed by atoms with E-state index in [4.69, 9.17) is 9.97 Å². The van der Waals surface area contributed by atoms with E-state index >= 15 is 0 Å². The Bertz CT molecular complexity index is 3420. The van der Waals surface area contributed by atoms with Gasteiger partial charge in [0.1, 0.15) is 5.69 Å². The fraction of sp³-hybridized carbons (Fsp3) is 0.0566. The van der Waals surface area contributed by atoms with Gasteiger partial charge in [0.15, 0.2) is 5.82 Å². The summed E-state index contributed by atoms with van der Waals surface area (Å²) >= 11 is 0. The van der Waals surface area contributed by atoms with E-state index in [-0.39, 0.29) is 0 Å². The van der Waals surface area contributed by atoms with Crippen molar-refractivity contribution in [3.8, 4) is 45.1 Å². The minimum atomic E-state index is -0.392. The van der Waals surface area contributed by atoms with E-state index in [1.807, 2.05) is 0 Å². The Balaban J connectivity index is 1.22. The summed E-state index contributed by atoms with van der Waals surface area (Å²) in [7, 11) is 0. The highest BCUT2D eigenvalue weighted by atomic mass is 15.1. The number of hydrogen-bond donors (Lipinski definition) is 0. The zero-order valence-corrected chi connectivity index (χ0v) is 31.6. The van der Waals surface area contributed by atoms with Crippen LogP contribution in [0.2, 0.25) is 0 Å². The number of fused-ring (bicyclic) bond motifs is 10. The molecule has 0 spiro atoms. The van der Waals surface area contributed by atoms with Crippen LogP contribution in [0.15, 0.2) is 182 Å². The van der Waals surface area contributed by atoms with E-state index in [2.05, 4.69) is 205 Å². The molecule has 0 amide bonds. The first kappa shape index (κ1) is 32.0. The van der Waals surface area contributed by atoms with Gasteiger partial charge in [0.2, 0.25) is 0 Å². The lowest BCUT2D eigenvalue weighted by Crippen LogP contribution is -2.19. The summed E-state index contributed by atoms with van der Waals surface area (Å²) in [6, 6.07) is 65.6. The molecule has 0 aliphatic heterocycles. The normalized spacial score (nSPS) is 13.2. The van der Waals surface area contributed by atoms with Gasteiger partial charge in [-0.25, -0.2) is 9.97 Å². The molecule has 4 nitrogen and oxygen atoms in total. The van der Waals surface area contributed by atoms with Crippen LogP contribution in [-0.4, -0.2) is 19.1 Å². The molecular weight excluding hydrogens is 693 g/mol. The zero-order valence-electron chi connectivity index (χ0n) is 31.6. The maximum Gasteiger partial charge on any atom is 0.164 e. The number of benzene rings is 8. The lowest BCUT2D eigenvalue weighted by Gasteiger charge is -2.22. The molecule has 0 atom stereocenters. The zero-order chi connectivity index (χ0) is 37.8. The molecule has 0 saturated carbocycles. The molecular formula is C53H36N4. The summed E-state index contributed by atoms with van der Waals surface area (Å²) in [4.78, 5) is 11.7. The molecule has 0 N–H and O–H groups in total. The topological polar surface area (TPSA) is 35.6 Å². The molecule has 0 radical (unpaired) electrons. The minimum absolute atomic E-state index is 0.392. The van der Waals surface area contributed by atoms with E-state index in [1.54, 1.807) is 0 Å². The van der Waals surface area contributed by atoms with Gasteiger partial charge in [-0.15, -0.1) is 0 Å². The first-order valence-electron chi connectivity index (χ1n) is 19.7. The lowest BCUT2D eigenvalue weighted by atomic mass is 9.84. The Morgan fingerprint density at radius 3 is 1.86 bits per heavy atom. The number of aromatic nitrogens is 4. The van der Waals surface area contributed by atoms with E-state index in [0.29, 0.717) is 0 Å². The summed E-state index contributed by atoms with van der Waals surface area (Å²) in [6.07, 6.45) is 0. The van der Waals surface area contributed by atoms with Gasteiger partial charge in [-0.2, -0.15) is 0 Å². The summed E-state index contributed by atoms with van der Waals surface area (Å²) in [5, 5.41) is 7.15. The molecule has 4 heteroatoms. The van der Waals surface area contributed by atoms with Crippen molar-refractivity contribution in [1.82, 2.24) is 19.1 Å². The fourth-order valence-corrected chi connectivity index (χ4v) is 9.55. The smallest absolute Gasteiger partial charge is 0.164 e. The molecule has 1 aliphatic carbocycles. The second-order valence-electron chi connectivity index (χ2n) is 15.8. The lowest BCUT2D eigenvalue weighted by molar-refractivity contribution is 0.633. The Hall–Kier alpha value is -7.30. The van der Waals surface area contributed by atoms with Crippen LogP contribution in [0.4, 0.5) is 0 Å². The molecule has 0 saturated heterocycles. The molecule has 12 rings (SSSR count). The third-order valence-electron chi connectivity index (χ3n) is 12.2. The molecule has 0 unspecified atom stereocenters. The van der Waals surface area contributed by atoms with Gasteiger partial charge >= 0.3 is 0 Å². The van der Waals surface area contributed by atoms with Crippen LogP contribution in [0.25, 0.3) is 99.5 Å². The van der Waals surface area contributed by atoms with Crippen molar-refractivity contribution in [1.29, 1.82) is 0 Å². The van der Waals surface area contributed by atoms with Crippen LogP contribution in [0.1, 0.15) is 25.1 Å². The van der Waals surface area contributed by atoms with Crippen molar-refractivity contribution in [3.63, 3.8) is 0 Å². The number of rotatable bonds is 4. The highest BCUT2D eigenvalue weighted by Gasteiger charge is 2.40. The third kappa shape index (κ3) is 4.55. The summed E-state index contributed by atoms with van der Waals surface area (Å²) in [6.45, 7) is 4.61. The van der Waals surface area contributed by atoms with E-state index in [0.717, 1.165) is 67.2 Å². The maximum absolute atomic E-state index is 5.87. The molecule has 268 valence electrons. The summed E-state index contributed by atoms with van der Waals surface area (Å²) < 4.78 is 4.76. The van der Waals surface area contributed by atoms with Gasteiger partial charge < -0.3 is 4.57 Å². The fourth-order valence-electron chi connectivity index (χ4n) is 9.55. The molecule has 0 bridgehead atoms. The molecule has 1 aliphatic rings. The second-order valence-corrected chi connectivity index (χ2v) is 15.8. The molecule has 11 aromatic rings. The van der Waals surface area contributed by atoms with Gasteiger partial charge in [0.05, 0.1) is 33.5 Å². The predicted octanol–water partition coefficient (Wildman–Crippen LogP) is 13.5. The van der Waals surface area contributed by atoms with Crippen LogP contribution in [0.5, 0.6) is 0 Å². The summed E-state index contributed by atoms with van der Waals surface area (Å²) in [5.74, 6) is 0.837. The first-order chi connectivity index (χ1) is 28.0. The van der Waals surface area contributed by atoms with Crippen molar-refractivity contribution in [3.05, 3.63) is 193 Å². The van der Waals surface area contributed by atoms with Crippen LogP contribution < -0.4 is 0 Å². The number of nitrogens with zero attached hydrogens (tertiary/aromatic N) is 4. The van der Waals surface area contributed by atoms with Crippen LogP contribution in [0.3, 0.4) is 0 Å². The van der Waals surface area contributed by atoms with Gasteiger partial charge in [-0.1, -0.05) is 147 Å². The van der Waals surface area contributed by atoms with Gasteiger partial charge in [0, 0.05) is 43.8 Å². The van der Waals surface area contributed by atoms with Gasteiger partial charge in [-0.3, -0.25) is 4.57 Å². The van der Waals surface area contributed by atoms with Gasteiger partial charge in [0.25, 0.3) is 0 Å². The Morgan fingerprint density at radius 1 is 0.421 bits per heavy atom. The molecule has 57 heavy (non-hydrogen) atoms. The highest BCUT2D eigenvalue weighted by molar-refractivity contribution is 6.17. The number of hydrogen-bond acceptors (Lipinski definition) is 2. The predicted molar refractivity (Wildman–Crippen MR) is 237 cm³/mol. The SMILES string of the molecule is CC1(C)c2cc(-c3ccccc3)ccc2-c2nc(-c3cccc4c3c3ccccc3n4-c3ccccc3)c(-n3c4ccccc4c4cc5ccccc5cc43)nc21. The van der Waals surface area contributed by atoms with Crippen LogP contribution >= 0.6 is 0 Å². The standard InChI is InChI=1S/C53H36N4/c1-53(2)43-31-36(33-16-5-3-6-17-33)28-29-39(43)49-51(53)55-52(57-44-25-13-11-22-38(44)42-30-34-18-9-10-19-35(34)32-47(42)57)50(54-49)41-24-15-27-46-48(41)40-23-12-14-26-45(40)56(46)37-20-7-4-8-21-37/h3-32H,1-2H3. The van der Waals surface area contributed by atoms with Crippen LogP contribution in [-0.2, 0) is 5.41 Å². The van der Waals surface area contributed by atoms with E-state index < -0.39 is 5.41 Å². The average Bonchev–Trinajstić information content (AvgIpc) is 3.85. The monoisotopic (exact) mass is 728 g/mol. The Labute approximate surface area is 329 Å².